The van der Waals surface area contributed by atoms with Gasteiger partial charge in [-0.15, -0.1) is 0 Å². The fourth-order valence-electron chi connectivity index (χ4n) is 3.88. The average Bonchev–Trinajstić information content (AvgIpc) is 2.91. The Morgan fingerprint density at radius 3 is 2.09 bits per heavy atom. The van der Waals surface area contributed by atoms with Crippen molar-refractivity contribution in [1.29, 1.82) is 5.26 Å². The number of carbonyl (C=O) groups excluding carboxylic acids is 1. The molecule has 0 spiro atoms. The molecule has 0 radical (unpaired) electrons. The molecule has 0 bridgehead atoms. The van der Waals surface area contributed by atoms with Gasteiger partial charge in [-0.05, 0) is 77.2 Å². The molecule has 7 nitrogen and oxygen atoms in total. The van der Waals surface area contributed by atoms with Crippen LogP contribution in [0.5, 0.6) is 0 Å². The Morgan fingerprint density at radius 2 is 1.57 bits per heavy atom. The summed E-state index contributed by atoms with van der Waals surface area (Å²) in [5.74, 6) is -1.25. The molecule has 1 atom stereocenters. The molecule has 4 rings (SSSR count). The van der Waals surface area contributed by atoms with Crippen molar-refractivity contribution in [3.05, 3.63) is 119 Å². The summed E-state index contributed by atoms with van der Waals surface area (Å²) in [5, 5.41) is 27.7. The van der Waals surface area contributed by atoms with Crippen LogP contribution in [0.15, 0.2) is 91.5 Å². The second-order valence-corrected chi connectivity index (χ2v) is 8.05. The molecule has 174 valence electrons. The Balaban J connectivity index is 1.69. The monoisotopic (exact) mass is 462 g/mol. The first-order chi connectivity index (χ1) is 17.1. The van der Waals surface area contributed by atoms with Crippen molar-refractivity contribution >= 4 is 17.3 Å². The van der Waals surface area contributed by atoms with Crippen LogP contribution in [-0.4, -0.2) is 15.9 Å². The minimum absolute atomic E-state index is 0.231. The number of aryl methyl sites for hydroxylation is 1. The summed E-state index contributed by atoms with van der Waals surface area (Å²) in [5.41, 5.74) is 5.30. The van der Waals surface area contributed by atoms with Crippen LogP contribution in [0.1, 0.15) is 46.8 Å². The number of aliphatic carboxylic acids is 1. The zero-order valence-electron chi connectivity index (χ0n) is 19.2. The number of nitrogens with zero attached hydrogens (tertiary/aromatic N) is 3. The maximum Gasteiger partial charge on any atom is 0.0991 e. The first-order valence-electron chi connectivity index (χ1n) is 11.2. The number of aromatic nitrogens is 2. The number of benzene rings is 2. The van der Waals surface area contributed by atoms with Gasteiger partial charge in [0.15, 0.2) is 0 Å². The summed E-state index contributed by atoms with van der Waals surface area (Å²) in [6.07, 6.45) is 7.76. The number of carboxylic acids is 1. The Hall–Kier alpha value is -4.70. The number of nitriles is 1. The van der Waals surface area contributed by atoms with Gasteiger partial charge < -0.3 is 20.5 Å². The number of pyridine rings is 2. The minimum Gasteiger partial charge on any atom is -0.548 e. The summed E-state index contributed by atoms with van der Waals surface area (Å²) >= 11 is 0. The summed E-state index contributed by atoms with van der Waals surface area (Å²) in [4.78, 5) is 20.7. The first-order valence-corrected chi connectivity index (χ1v) is 11.2. The molecule has 0 saturated heterocycles. The van der Waals surface area contributed by atoms with Crippen molar-refractivity contribution in [2.45, 2.75) is 25.4 Å². The number of hydrogen-bond acceptors (Lipinski definition) is 7. The highest BCUT2D eigenvalue weighted by Gasteiger charge is 2.18. The third kappa shape index (κ3) is 5.81. The summed E-state index contributed by atoms with van der Waals surface area (Å²) in [6, 6.07) is 20.8. The van der Waals surface area contributed by atoms with E-state index in [0.29, 0.717) is 16.8 Å². The highest BCUT2D eigenvalue weighted by Crippen LogP contribution is 2.30. The van der Waals surface area contributed by atoms with Gasteiger partial charge in [-0.2, -0.15) is 5.26 Å². The zero-order chi connectivity index (χ0) is 24.6. The molecule has 1 unspecified atom stereocenters. The van der Waals surface area contributed by atoms with E-state index in [1.54, 1.807) is 49.1 Å². The Morgan fingerprint density at radius 1 is 0.914 bits per heavy atom. The van der Waals surface area contributed by atoms with E-state index in [1.165, 1.54) is 0 Å². The van der Waals surface area contributed by atoms with E-state index < -0.39 is 12.0 Å². The normalized spacial score (nSPS) is 11.5. The molecule has 0 fully saturated rings. The van der Waals surface area contributed by atoms with Gasteiger partial charge in [0.25, 0.3) is 0 Å². The van der Waals surface area contributed by atoms with Crippen molar-refractivity contribution in [3.8, 4) is 6.07 Å². The Bertz CT molecular complexity index is 1280. The van der Waals surface area contributed by atoms with Crippen molar-refractivity contribution in [2.75, 3.05) is 10.6 Å². The lowest BCUT2D eigenvalue weighted by molar-refractivity contribution is -0.307. The number of hydrogen-bond donors (Lipinski definition) is 2. The van der Waals surface area contributed by atoms with Gasteiger partial charge in [-0.3, -0.25) is 9.97 Å². The van der Waals surface area contributed by atoms with Crippen molar-refractivity contribution in [3.63, 3.8) is 0 Å². The average molecular weight is 463 g/mol. The number of rotatable bonds is 9. The van der Waals surface area contributed by atoms with Crippen LogP contribution in [-0.2, 0) is 11.2 Å². The molecule has 0 amide bonds. The highest BCUT2D eigenvalue weighted by atomic mass is 16.4. The van der Waals surface area contributed by atoms with Crippen molar-refractivity contribution < 1.29 is 9.90 Å². The SMILES string of the molecule is CCc1cc(NC(c2cccnc2)c2cccnc2)cc(C(Nc2ccc(C#N)cc2)C(=O)[O-])c1. The maximum absolute atomic E-state index is 12.1. The van der Waals surface area contributed by atoms with E-state index in [4.69, 9.17) is 5.26 Å². The molecule has 2 aromatic heterocycles. The molecule has 2 heterocycles. The van der Waals surface area contributed by atoms with Crippen LogP contribution in [0.4, 0.5) is 11.4 Å². The van der Waals surface area contributed by atoms with Gasteiger partial charge in [0.1, 0.15) is 0 Å². The topological polar surface area (TPSA) is 114 Å². The molecule has 2 aromatic carbocycles. The predicted octanol–water partition coefficient (Wildman–Crippen LogP) is 4.02. The second kappa shape index (κ2) is 10.9. The largest absolute Gasteiger partial charge is 0.548 e. The fraction of sp³-hybridized carbons (Fsp3) is 0.143. The van der Waals surface area contributed by atoms with Gasteiger partial charge in [0, 0.05) is 36.2 Å². The number of carboxylic acid groups (broad SMARTS) is 1. The Kier molecular flexibility index (Phi) is 7.34. The number of carbonyl (C=O) groups is 1. The molecule has 0 aliphatic rings. The van der Waals surface area contributed by atoms with Crippen molar-refractivity contribution in [2.24, 2.45) is 0 Å². The van der Waals surface area contributed by atoms with Crippen molar-refractivity contribution in [1.82, 2.24) is 9.97 Å². The Labute approximate surface area is 204 Å². The summed E-state index contributed by atoms with van der Waals surface area (Å²) in [6.45, 7) is 2.02. The lowest BCUT2D eigenvalue weighted by Gasteiger charge is -2.25. The van der Waals surface area contributed by atoms with Crippen LogP contribution < -0.4 is 15.7 Å². The summed E-state index contributed by atoms with van der Waals surface area (Å²) in [7, 11) is 0. The summed E-state index contributed by atoms with van der Waals surface area (Å²) < 4.78 is 0. The molecule has 35 heavy (non-hydrogen) atoms. The van der Waals surface area contributed by atoms with E-state index in [-0.39, 0.29) is 6.04 Å². The lowest BCUT2D eigenvalue weighted by Crippen LogP contribution is -2.34. The van der Waals surface area contributed by atoms with E-state index >= 15 is 0 Å². The number of anilines is 2. The second-order valence-electron chi connectivity index (χ2n) is 8.05. The quantitative estimate of drug-likeness (QED) is 0.386. The van der Waals surface area contributed by atoms with Crippen LogP contribution in [0, 0.1) is 11.3 Å². The van der Waals surface area contributed by atoms with E-state index in [2.05, 4.69) is 26.7 Å². The molecule has 0 aliphatic heterocycles. The highest BCUT2D eigenvalue weighted by molar-refractivity contribution is 5.78. The third-order valence-electron chi connectivity index (χ3n) is 5.66. The van der Waals surface area contributed by atoms with Gasteiger partial charge >= 0.3 is 0 Å². The molecular formula is C28H24N5O2-. The van der Waals surface area contributed by atoms with Gasteiger partial charge in [-0.25, -0.2) is 0 Å². The third-order valence-corrected chi connectivity index (χ3v) is 5.66. The maximum atomic E-state index is 12.1. The number of nitrogens with one attached hydrogen (secondary N) is 2. The fourth-order valence-corrected chi connectivity index (χ4v) is 3.88. The van der Waals surface area contributed by atoms with Gasteiger partial charge in [-0.1, -0.05) is 25.1 Å². The molecule has 4 aromatic rings. The molecule has 7 heteroatoms. The standard InChI is InChI=1S/C28H25N5O2/c1-2-19-13-23(27(28(34)35)32-24-9-7-20(16-29)8-10-24)15-25(14-19)33-26(21-5-3-11-30-17-21)22-6-4-12-31-18-22/h3-15,17-18,26-27,32-33H,2H2,1H3,(H,34,35)/p-1. The van der Waals surface area contributed by atoms with E-state index in [1.807, 2.05) is 49.4 Å². The van der Waals surface area contributed by atoms with Gasteiger partial charge in [0.2, 0.25) is 0 Å². The molecule has 0 saturated carbocycles. The predicted molar refractivity (Wildman–Crippen MR) is 132 cm³/mol. The molecule has 2 N–H and O–H groups in total. The smallest absolute Gasteiger partial charge is 0.0991 e. The molecule has 0 aliphatic carbocycles. The van der Waals surface area contributed by atoms with Crippen LogP contribution in [0.2, 0.25) is 0 Å². The zero-order valence-corrected chi connectivity index (χ0v) is 19.2. The van der Waals surface area contributed by atoms with Crippen LogP contribution in [0.3, 0.4) is 0 Å². The van der Waals surface area contributed by atoms with E-state index in [9.17, 15) is 9.90 Å². The minimum atomic E-state index is -1.25. The molecular weight excluding hydrogens is 438 g/mol. The van der Waals surface area contributed by atoms with Gasteiger partial charge in [0.05, 0.1) is 29.7 Å². The lowest BCUT2D eigenvalue weighted by atomic mass is 9.98. The van der Waals surface area contributed by atoms with E-state index in [0.717, 1.165) is 28.8 Å². The first kappa shape index (κ1) is 23.5. The van der Waals surface area contributed by atoms with Crippen LogP contribution >= 0.6 is 0 Å². The van der Waals surface area contributed by atoms with Crippen LogP contribution in [0.25, 0.3) is 0 Å².